The molecule has 0 bridgehead atoms. The van der Waals surface area contributed by atoms with E-state index in [1.165, 1.54) is 0 Å². The Kier molecular flexibility index (Phi) is 5.69. The van der Waals surface area contributed by atoms with E-state index in [1.807, 2.05) is 44.4 Å². The van der Waals surface area contributed by atoms with Gasteiger partial charge in [-0.25, -0.2) is 0 Å². The van der Waals surface area contributed by atoms with E-state index in [-0.39, 0.29) is 17.9 Å². The van der Waals surface area contributed by atoms with Crippen molar-refractivity contribution in [1.29, 1.82) is 0 Å². The van der Waals surface area contributed by atoms with Gasteiger partial charge in [0.25, 0.3) is 5.91 Å². The van der Waals surface area contributed by atoms with Crippen molar-refractivity contribution in [3.63, 3.8) is 0 Å². The van der Waals surface area contributed by atoms with Crippen LogP contribution >= 0.6 is 11.8 Å². The van der Waals surface area contributed by atoms with Gasteiger partial charge in [-0.15, -0.1) is 11.8 Å². The van der Waals surface area contributed by atoms with E-state index in [2.05, 4.69) is 5.32 Å². The first-order valence-electron chi connectivity index (χ1n) is 6.01. The van der Waals surface area contributed by atoms with Gasteiger partial charge in [0.2, 0.25) is 0 Å². The van der Waals surface area contributed by atoms with Crippen LogP contribution in [-0.2, 0) is 0 Å². The van der Waals surface area contributed by atoms with Gasteiger partial charge in [-0.1, -0.05) is 13.8 Å². The van der Waals surface area contributed by atoms with Gasteiger partial charge in [-0.3, -0.25) is 4.79 Å². The maximum Gasteiger partial charge on any atom is 0.251 e. The third kappa shape index (κ3) is 4.70. The number of carbonyl (C=O) groups excluding carboxylic acids is 1. The maximum atomic E-state index is 11.9. The van der Waals surface area contributed by atoms with Gasteiger partial charge >= 0.3 is 0 Å². The SMILES string of the molecule is CSc1ccc(C(=O)NCC(C)(C)CCO)cc1. The van der Waals surface area contributed by atoms with Crippen LogP contribution in [0.25, 0.3) is 0 Å². The molecule has 0 aliphatic heterocycles. The van der Waals surface area contributed by atoms with E-state index < -0.39 is 0 Å². The Bertz CT molecular complexity index is 387. The number of nitrogens with one attached hydrogen (secondary N) is 1. The van der Waals surface area contributed by atoms with E-state index in [9.17, 15) is 4.79 Å². The molecular weight excluding hydrogens is 246 g/mol. The van der Waals surface area contributed by atoms with Crippen LogP contribution in [-0.4, -0.2) is 30.4 Å². The molecule has 18 heavy (non-hydrogen) atoms. The largest absolute Gasteiger partial charge is 0.396 e. The molecule has 4 heteroatoms. The van der Waals surface area contributed by atoms with E-state index in [0.29, 0.717) is 18.5 Å². The van der Waals surface area contributed by atoms with Crippen molar-refractivity contribution in [2.24, 2.45) is 5.41 Å². The monoisotopic (exact) mass is 267 g/mol. The number of benzene rings is 1. The lowest BCUT2D eigenvalue weighted by atomic mass is 9.89. The van der Waals surface area contributed by atoms with Crippen molar-refractivity contribution in [2.45, 2.75) is 25.2 Å². The van der Waals surface area contributed by atoms with Gasteiger partial charge < -0.3 is 10.4 Å². The summed E-state index contributed by atoms with van der Waals surface area (Å²) in [6.45, 7) is 4.77. The van der Waals surface area contributed by atoms with Crippen LogP contribution in [0.1, 0.15) is 30.6 Å². The third-order valence-corrected chi connectivity index (χ3v) is 3.61. The van der Waals surface area contributed by atoms with Gasteiger partial charge in [0.1, 0.15) is 0 Å². The second kappa shape index (κ2) is 6.81. The van der Waals surface area contributed by atoms with Gasteiger partial charge in [0.05, 0.1) is 0 Å². The molecule has 2 N–H and O–H groups in total. The summed E-state index contributed by atoms with van der Waals surface area (Å²) >= 11 is 1.65. The minimum absolute atomic E-state index is 0.0614. The number of thioether (sulfide) groups is 1. The molecule has 100 valence electrons. The summed E-state index contributed by atoms with van der Waals surface area (Å²) in [5.74, 6) is -0.0614. The van der Waals surface area contributed by atoms with Crippen LogP contribution in [0.3, 0.4) is 0 Å². The number of carbonyl (C=O) groups is 1. The fraction of sp³-hybridized carbons (Fsp3) is 0.500. The highest BCUT2D eigenvalue weighted by atomic mass is 32.2. The van der Waals surface area contributed by atoms with Crippen LogP contribution in [0.5, 0.6) is 0 Å². The van der Waals surface area contributed by atoms with Crippen molar-refractivity contribution in [1.82, 2.24) is 5.32 Å². The van der Waals surface area contributed by atoms with E-state index >= 15 is 0 Å². The second-order valence-electron chi connectivity index (χ2n) is 5.05. The first-order chi connectivity index (χ1) is 8.48. The average molecular weight is 267 g/mol. The first-order valence-corrected chi connectivity index (χ1v) is 7.24. The molecule has 0 heterocycles. The number of rotatable bonds is 6. The van der Waals surface area contributed by atoms with Crippen LogP contribution < -0.4 is 5.32 Å². The molecule has 1 aromatic carbocycles. The Balaban J connectivity index is 2.54. The van der Waals surface area contributed by atoms with Crippen molar-refractivity contribution >= 4 is 17.7 Å². The Morgan fingerprint density at radius 1 is 1.33 bits per heavy atom. The second-order valence-corrected chi connectivity index (χ2v) is 5.93. The molecule has 1 amide bonds. The molecule has 0 aromatic heterocycles. The van der Waals surface area contributed by atoms with Gasteiger partial charge in [0.15, 0.2) is 0 Å². The van der Waals surface area contributed by atoms with Crippen LogP contribution in [0.2, 0.25) is 0 Å². The molecule has 0 atom stereocenters. The summed E-state index contributed by atoms with van der Waals surface area (Å²) in [4.78, 5) is 13.1. The molecule has 1 aromatic rings. The molecular formula is C14H21NO2S. The summed E-state index contributed by atoms with van der Waals surface area (Å²) in [5, 5.41) is 11.8. The normalized spacial score (nSPS) is 11.3. The van der Waals surface area contributed by atoms with Crippen molar-refractivity contribution in [3.05, 3.63) is 29.8 Å². The maximum absolute atomic E-state index is 11.9. The topological polar surface area (TPSA) is 49.3 Å². The predicted molar refractivity (Wildman–Crippen MR) is 76.0 cm³/mol. The Morgan fingerprint density at radius 2 is 1.94 bits per heavy atom. The smallest absolute Gasteiger partial charge is 0.251 e. The summed E-state index contributed by atoms with van der Waals surface area (Å²) in [6, 6.07) is 7.55. The fourth-order valence-corrected chi connectivity index (χ4v) is 1.96. The van der Waals surface area contributed by atoms with Crippen LogP contribution in [0, 0.1) is 5.41 Å². The summed E-state index contributed by atoms with van der Waals surface area (Å²) in [5.41, 5.74) is 0.594. The zero-order valence-corrected chi connectivity index (χ0v) is 12.0. The van der Waals surface area contributed by atoms with Gasteiger partial charge in [0, 0.05) is 23.6 Å². The lowest BCUT2D eigenvalue weighted by molar-refractivity contribution is 0.0928. The minimum atomic E-state index is -0.0797. The van der Waals surface area contributed by atoms with Crippen LogP contribution in [0.4, 0.5) is 0 Å². The summed E-state index contributed by atoms with van der Waals surface area (Å²) in [6.07, 6.45) is 2.69. The number of hydrogen-bond acceptors (Lipinski definition) is 3. The number of hydrogen-bond donors (Lipinski definition) is 2. The van der Waals surface area contributed by atoms with Crippen LogP contribution in [0.15, 0.2) is 29.2 Å². The zero-order chi connectivity index (χ0) is 13.6. The van der Waals surface area contributed by atoms with Crippen molar-refractivity contribution < 1.29 is 9.90 Å². The first kappa shape index (κ1) is 15.1. The fourth-order valence-electron chi connectivity index (χ4n) is 1.56. The highest BCUT2D eigenvalue weighted by Crippen LogP contribution is 2.18. The summed E-state index contributed by atoms with van der Waals surface area (Å²) < 4.78 is 0. The Hall–Kier alpha value is -1.00. The standard InChI is InChI=1S/C14H21NO2S/c1-14(2,8-9-16)10-15-13(17)11-4-6-12(18-3)7-5-11/h4-7,16H,8-10H2,1-3H3,(H,15,17). The molecule has 0 fully saturated rings. The highest BCUT2D eigenvalue weighted by Gasteiger charge is 2.18. The van der Waals surface area contributed by atoms with Gasteiger partial charge in [-0.05, 0) is 42.4 Å². The number of amides is 1. The molecule has 0 unspecified atom stereocenters. The third-order valence-electron chi connectivity index (χ3n) is 2.87. The summed E-state index contributed by atoms with van der Waals surface area (Å²) in [7, 11) is 0. The zero-order valence-electron chi connectivity index (χ0n) is 11.2. The van der Waals surface area contributed by atoms with E-state index in [4.69, 9.17) is 5.11 Å². The molecule has 0 spiro atoms. The molecule has 1 rings (SSSR count). The highest BCUT2D eigenvalue weighted by molar-refractivity contribution is 7.98. The molecule has 0 radical (unpaired) electrons. The van der Waals surface area contributed by atoms with Gasteiger partial charge in [-0.2, -0.15) is 0 Å². The number of aliphatic hydroxyl groups excluding tert-OH is 1. The lowest BCUT2D eigenvalue weighted by Gasteiger charge is -2.23. The lowest BCUT2D eigenvalue weighted by Crippen LogP contribution is -2.34. The molecule has 0 saturated carbocycles. The van der Waals surface area contributed by atoms with E-state index in [0.717, 1.165) is 4.90 Å². The number of aliphatic hydroxyl groups is 1. The average Bonchev–Trinajstić information content (AvgIpc) is 2.36. The molecule has 3 nitrogen and oxygen atoms in total. The molecule has 0 saturated heterocycles. The van der Waals surface area contributed by atoms with Crippen molar-refractivity contribution in [2.75, 3.05) is 19.4 Å². The Labute approximate surface area is 113 Å². The quantitative estimate of drug-likeness (QED) is 0.779. The predicted octanol–water partition coefficient (Wildman–Crippen LogP) is 2.55. The minimum Gasteiger partial charge on any atom is -0.396 e. The Morgan fingerprint density at radius 3 is 2.44 bits per heavy atom. The van der Waals surface area contributed by atoms with Crippen molar-refractivity contribution in [3.8, 4) is 0 Å². The molecule has 0 aliphatic carbocycles. The molecule has 0 aliphatic rings. The van der Waals surface area contributed by atoms with E-state index in [1.54, 1.807) is 11.8 Å².